The first-order valence-corrected chi connectivity index (χ1v) is 5.82. The number of carbonyl (C=O) groups is 1. The summed E-state index contributed by atoms with van der Waals surface area (Å²) in [6.45, 7) is 0. The van der Waals surface area contributed by atoms with Crippen molar-refractivity contribution in [1.29, 1.82) is 0 Å². The van der Waals surface area contributed by atoms with Crippen molar-refractivity contribution in [2.24, 2.45) is 0 Å². The van der Waals surface area contributed by atoms with Gasteiger partial charge >= 0.3 is 0 Å². The highest BCUT2D eigenvalue weighted by Crippen LogP contribution is 2.16. The lowest BCUT2D eigenvalue weighted by Gasteiger charge is -2.02. The van der Waals surface area contributed by atoms with Gasteiger partial charge in [0.05, 0.1) is 0 Å². The van der Waals surface area contributed by atoms with Crippen molar-refractivity contribution >= 4 is 17.7 Å². The van der Waals surface area contributed by atoms with Crippen LogP contribution in [0.3, 0.4) is 0 Å². The van der Waals surface area contributed by atoms with E-state index in [1.54, 1.807) is 18.8 Å². The van der Waals surface area contributed by atoms with Crippen LogP contribution in [-0.4, -0.2) is 19.2 Å². The van der Waals surface area contributed by atoms with Gasteiger partial charge in [0.15, 0.2) is 0 Å². The molecule has 1 aromatic rings. The van der Waals surface area contributed by atoms with Gasteiger partial charge in [0.2, 0.25) is 5.91 Å². The van der Waals surface area contributed by atoms with Crippen molar-refractivity contribution in [1.82, 2.24) is 5.32 Å². The second-order valence-corrected chi connectivity index (χ2v) is 3.90. The lowest BCUT2D eigenvalue weighted by atomic mass is 10.1. The molecule has 3 heteroatoms. The highest BCUT2D eigenvalue weighted by atomic mass is 32.2. The van der Waals surface area contributed by atoms with E-state index in [9.17, 15) is 4.79 Å². The van der Waals surface area contributed by atoms with Gasteiger partial charge < -0.3 is 5.32 Å². The van der Waals surface area contributed by atoms with Crippen LogP contribution in [-0.2, 0) is 11.2 Å². The van der Waals surface area contributed by atoms with Crippen LogP contribution in [0, 0.1) is 0 Å². The topological polar surface area (TPSA) is 29.1 Å². The molecule has 1 amide bonds. The van der Waals surface area contributed by atoms with E-state index >= 15 is 0 Å². The molecular weight excluding hydrogens is 194 g/mol. The Bertz CT molecular complexity index is 312. The van der Waals surface area contributed by atoms with Crippen molar-refractivity contribution in [3.8, 4) is 0 Å². The van der Waals surface area contributed by atoms with Gasteiger partial charge in [0.25, 0.3) is 0 Å². The molecular formula is C11H15NOS. The number of carbonyl (C=O) groups excluding carboxylic acids is 1. The van der Waals surface area contributed by atoms with Gasteiger partial charge in [-0.25, -0.2) is 0 Å². The maximum Gasteiger partial charge on any atom is 0.220 e. The van der Waals surface area contributed by atoms with E-state index in [1.807, 2.05) is 6.07 Å². The summed E-state index contributed by atoms with van der Waals surface area (Å²) in [5, 5.41) is 2.62. The lowest BCUT2D eigenvalue weighted by molar-refractivity contribution is -0.120. The zero-order valence-corrected chi connectivity index (χ0v) is 9.36. The second-order valence-electron chi connectivity index (χ2n) is 3.02. The molecule has 0 saturated carbocycles. The molecule has 1 rings (SSSR count). The van der Waals surface area contributed by atoms with Crippen molar-refractivity contribution in [2.75, 3.05) is 13.3 Å². The van der Waals surface area contributed by atoms with Gasteiger partial charge in [-0.3, -0.25) is 4.79 Å². The van der Waals surface area contributed by atoms with Crippen LogP contribution >= 0.6 is 11.8 Å². The number of rotatable bonds is 4. The van der Waals surface area contributed by atoms with E-state index in [4.69, 9.17) is 0 Å². The minimum Gasteiger partial charge on any atom is -0.359 e. The Morgan fingerprint density at radius 1 is 1.50 bits per heavy atom. The maximum atomic E-state index is 11.0. The fraction of sp³-hybridized carbons (Fsp3) is 0.364. The maximum absolute atomic E-state index is 11.0. The summed E-state index contributed by atoms with van der Waals surface area (Å²) < 4.78 is 0. The van der Waals surface area contributed by atoms with Crippen LogP contribution in [0.1, 0.15) is 12.0 Å². The first-order valence-electron chi connectivity index (χ1n) is 4.59. The zero-order valence-electron chi connectivity index (χ0n) is 8.54. The van der Waals surface area contributed by atoms with Crippen molar-refractivity contribution < 1.29 is 4.79 Å². The Morgan fingerprint density at radius 3 is 2.93 bits per heavy atom. The van der Waals surface area contributed by atoms with Gasteiger partial charge in [-0.15, -0.1) is 11.8 Å². The molecule has 1 N–H and O–H groups in total. The molecule has 0 atom stereocenters. The molecule has 0 radical (unpaired) electrons. The Kier molecular flexibility index (Phi) is 4.53. The van der Waals surface area contributed by atoms with Gasteiger partial charge in [-0.1, -0.05) is 12.1 Å². The molecule has 0 saturated heterocycles. The average molecular weight is 209 g/mol. The van der Waals surface area contributed by atoms with Gasteiger partial charge in [0.1, 0.15) is 0 Å². The Balaban J connectivity index is 2.54. The van der Waals surface area contributed by atoms with Crippen molar-refractivity contribution in [2.45, 2.75) is 17.7 Å². The van der Waals surface area contributed by atoms with Gasteiger partial charge in [-0.2, -0.15) is 0 Å². The Hall–Kier alpha value is -0.960. The number of nitrogens with one attached hydrogen (secondary N) is 1. The molecule has 0 fully saturated rings. The summed E-state index contributed by atoms with van der Waals surface area (Å²) in [4.78, 5) is 12.3. The molecule has 1 aromatic carbocycles. The molecule has 0 unspecified atom stereocenters. The highest BCUT2D eigenvalue weighted by Gasteiger charge is 1.99. The number of benzene rings is 1. The first kappa shape index (κ1) is 11.1. The van der Waals surface area contributed by atoms with Crippen molar-refractivity contribution in [3.63, 3.8) is 0 Å². The fourth-order valence-corrected chi connectivity index (χ4v) is 1.69. The molecule has 0 heterocycles. The number of hydrogen-bond donors (Lipinski definition) is 1. The normalized spacial score (nSPS) is 9.86. The summed E-state index contributed by atoms with van der Waals surface area (Å²) in [7, 11) is 1.67. The largest absolute Gasteiger partial charge is 0.359 e. The third-order valence-electron chi connectivity index (χ3n) is 2.05. The zero-order chi connectivity index (χ0) is 10.4. The smallest absolute Gasteiger partial charge is 0.220 e. The van der Waals surface area contributed by atoms with Crippen LogP contribution in [0.2, 0.25) is 0 Å². The first-order chi connectivity index (χ1) is 6.76. The van der Waals surface area contributed by atoms with Crippen LogP contribution in [0.5, 0.6) is 0 Å². The summed E-state index contributed by atoms with van der Waals surface area (Å²) in [6, 6.07) is 8.30. The van der Waals surface area contributed by atoms with Gasteiger partial charge in [0, 0.05) is 18.4 Å². The molecule has 0 bridgehead atoms. The summed E-state index contributed by atoms with van der Waals surface area (Å²) in [6.07, 6.45) is 3.43. The van der Waals surface area contributed by atoms with E-state index < -0.39 is 0 Å². The summed E-state index contributed by atoms with van der Waals surface area (Å²) >= 11 is 1.72. The molecule has 76 valence electrons. The third kappa shape index (κ3) is 3.42. The number of amides is 1. The number of hydrogen-bond acceptors (Lipinski definition) is 2. The number of aryl methyl sites for hydroxylation is 1. The van der Waals surface area contributed by atoms with Crippen LogP contribution in [0.25, 0.3) is 0 Å². The lowest BCUT2D eigenvalue weighted by Crippen LogP contribution is -2.17. The molecule has 14 heavy (non-hydrogen) atoms. The third-order valence-corrected chi connectivity index (χ3v) is 2.78. The minimum atomic E-state index is 0.0968. The molecule has 0 aromatic heterocycles. The molecule has 0 aliphatic heterocycles. The van der Waals surface area contributed by atoms with E-state index in [-0.39, 0.29) is 5.91 Å². The molecule has 0 aliphatic carbocycles. The SMILES string of the molecule is CNC(=O)CCc1cccc(SC)c1. The van der Waals surface area contributed by atoms with E-state index in [2.05, 4.69) is 29.8 Å². The number of thioether (sulfide) groups is 1. The molecule has 0 aliphatic rings. The Labute approximate surface area is 89.1 Å². The van der Waals surface area contributed by atoms with Crippen LogP contribution in [0.15, 0.2) is 29.2 Å². The summed E-state index contributed by atoms with van der Waals surface area (Å²) in [5.41, 5.74) is 1.22. The van der Waals surface area contributed by atoms with Crippen molar-refractivity contribution in [3.05, 3.63) is 29.8 Å². The average Bonchev–Trinajstić information content (AvgIpc) is 2.26. The Morgan fingerprint density at radius 2 is 2.29 bits per heavy atom. The van der Waals surface area contributed by atoms with Gasteiger partial charge in [-0.05, 0) is 30.4 Å². The highest BCUT2D eigenvalue weighted by molar-refractivity contribution is 7.98. The van der Waals surface area contributed by atoms with E-state index in [0.29, 0.717) is 6.42 Å². The molecule has 0 spiro atoms. The summed E-state index contributed by atoms with van der Waals surface area (Å²) in [5.74, 6) is 0.0968. The van der Waals surface area contributed by atoms with E-state index in [0.717, 1.165) is 6.42 Å². The van der Waals surface area contributed by atoms with E-state index in [1.165, 1.54) is 10.5 Å². The minimum absolute atomic E-state index is 0.0968. The monoisotopic (exact) mass is 209 g/mol. The fourth-order valence-electron chi connectivity index (χ4n) is 1.21. The second kappa shape index (κ2) is 5.70. The van der Waals surface area contributed by atoms with Crippen LogP contribution < -0.4 is 5.32 Å². The molecule has 2 nitrogen and oxygen atoms in total. The standard InChI is InChI=1S/C11H15NOS/c1-12-11(13)7-6-9-4-3-5-10(8-9)14-2/h3-5,8H,6-7H2,1-2H3,(H,12,13). The predicted octanol–water partition coefficient (Wildman–Crippen LogP) is 2.09. The predicted molar refractivity (Wildman–Crippen MR) is 60.6 cm³/mol. The van der Waals surface area contributed by atoms with Crippen LogP contribution in [0.4, 0.5) is 0 Å². The quantitative estimate of drug-likeness (QED) is 0.769.